The largest absolute Gasteiger partial charge is 0.360 e. The zero-order valence-electron chi connectivity index (χ0n) is 11.8. The fourth-order valence-corrected chi connectivity index (χ4v) is 3.55. The lowest BCUT2D eigenvalue weighted by atomic mass is 10.2. The predicted molar refractivity (Wildman–Crippen MR) is 81.2 cm³/mol. The van der Waals surface area contributed by atoms with Gasteiger partial charge in [-0.3, -0.25) is 4.79 Å². The minimum atomic E-state index is 0.152. The molecule has 0 unspecified atom stereocenters. The first kappa shape index (κ1) is 13.3. The van der Waals surface area contributed by atoms with Crippen molar-refractivity contribution in [1.29, 1.82) is 0 Å². The number of hydrogen-bond donors (Lipinski definition) is 1. The van der Waals surface area contributed by atoms with Crippen LogP contribution in [-0.4, -0.2) is 40.4 Å². The monoisotopic (exact) mass is 290 g/mol. The molecule has 1 amide bonds. The molecule has 106 valence electrons. The lowest BCUT2D eigenvalue weighted by Gasteiger charge is -2.15. The van der Waals surface area contributed by atoms with Crippen LogP contribution >= 0.6 is 11.3 Å². The number of carbonyl (C=O) groups is 1. The van der Waals surface area contributed by atoms with Gasteiger partial charge in [-0.15, -0.1) is 11.3 Å². The van der Waals surface area contributed by atoms with Crippen LogP contribution < -0.4 is 5.32 Å². The Bertz CT molecular complexity index is 646. The van der Waals surface area contributed by atoms with Crippen molar-refractivity contribution < 1.29 is 4.79 Å². The molecule has 5 nitrogen and oxygen atoms in total. The minimum absolute atomic E-state index is 0.152. The standard InChI is InChI=1S/C14H18N4OS/c1-9-10(2)20-14-12(9)13(16-8-17-14)15-7-11(19)18-5-3-4-6-18/h8H,3-7H2,1-2H3,(H,15,16,17). The molecule has 20 heavy (non-hydrogen) atoms. The van der Waals surface area contributed by atoms with Gasteiger partial charge < -0.3 is 10.2 Å². The molecule has 3 rings (SSSR count). The molecule has 1 saturated heterocycles. The van der Waals surface area contributed by atoms with E-state index in [0.717, 1.165) is 42.0 Å². The number of anilines is 1. The molecular formula is C14H18N4OS. The molecule has 1 fully saturated rings. The number of fused-ring (bicyclic) bond motifs is 1. The molecule has 3 heterocycles. The Morgan fingerprint density at radius 3 is 2.85 bits per heavy atom. The molecule has 0 radical (unpaired) electrons. The fraction of sp³-hybridized carbons (Fsp3) is 0.500. The van der Waals surface area contributed by atoms with Crippen LogP contribution in [0.5, 0.6) is 0 Å². The number of rotatable bonds is 3. The third kappa shape index (κ3) is 2.35. The van der Waals surface area contributed by atoms with E-state index in [1.165, 1.54) is 10.4 Å². The van der Waals surface area contributed by atoms with Crippen LogP contribution in [0.25, 0.3) is 10.2 Å². The average Bonchev–Trinajstić information content (AvgIpc) is 3.06. The summed E-state index contributed by atoms with van der Waals surface area (Å²) in [5, 5.41) is 4.23. The summed E-state index contributed by atoms with van der Waals surface area (Å²) in [6.07, 6.45) is 3.79. The molecule has 6 heteroatoms. The Hall–Kier alpha value is -1.69. The van der Waals surface area contributed by atoms with E-state index in [1.54, 1.807) is 17.7 Å². The summed E-state index contributed by atoms with van der Waals surface area (Å²) in [6.45, 7) is 6.23. The molecule has 0 spiro atoms. The summed E-state index contributed by atoms with van der Waals surface area (Å²) < 4.78 is 0. The minimum Gasteiger partial charge on any atom is -0.360 e. The second-order valence-electron chi connectivity index (χ2n) is 5.13. The quantitative estimate of drug-likeness (QED) is 0.942. The summed E-state index contributed by atoms with van der Waals surface area (Å²) in [6, 6.07) is 0. The van der Waals surface area contributed by atoms with Crippen molar-refractivity contribution in [3.05, 3.63) is 16.8 Å². The van der Waals surface area contributed by atoms with E-state index in [9.17, 15) is 4.79 Å². The molecular weight excluding hydrogens is 272 g/mol. The molecule has 2 aromatic heterocycles. The SMILES string of the molecule is Cc1sc2ncnc(NCC(=O)N3CCCC3)c2c1C. The number of hydrogen-bond acceptors (Lipinski definition) is 5. The first-order valence-corrected chi connectivity index (χ1v) is 7.71. The Balaban J connectivity index is 1.79. The average molecular weight is 290 g/mol. The zero-order chi connectivity index (χ0) is 14.1. The fourth-order valence-electron chi connectivity index (χ4n) is 2.55. The Morgan fingerprint density at radius 1 is 1.35 bits per heavy atom. The van der Waals surface area contributed by atoms with Crippen molar-refractivity contribution in [2.75, 3.05) is 25.0 Å². The van der Waals surface area contributed by atoms with Gasteiger partial charge in [-0.25, -0.2) is 9.97 Å². The van der Waals surface area contributed by atoms with Gasteiger partial charge >= 0.3 is 0 Å². The first-order valence-electron chi connectivity index (χ1n) is 6.89. The van der Waals surface area contributed by atoms with Gasteiger partial charge in [0.1, 0.15) is 17.0 Å². The van der Waals surface area contributed by atoms with Gasteiger partial charge in [-0.2, -0.15) is 0 Å². The molecule has 0 atom stereocenters. The van der Waals surface area contributed by atoms with Crippen molar-refractivity contribution in [1.82, 2.24) is 14.9 Å². The van der Waals surface area contributed by atoms with Crippen LogP contribution in [0.4, 0.5) is 5.82 Å². The number of amides is 1. The number of thiophene rings is 1. The van der Waals surface area contributed by atoms with Gasteiger partial charge in [0, 0.05) is 18.0 Å². The van der Waals surface area contributed by atoms with Crippen molar-refractivity contribution in [2.24, 2.45) is 0 Å². The molecule has 0 bridgehead atoms. The van der Waals surface area contributed by atoms with Crippen molar-refractivity contribution in [3.63, 3.8) is 0 Å². The normalized spacial score (nSPS) is 15.0. The van der Waals surface area contributed by atoms with Crippen LogP contribution in [0, 0.1) is 13.8 Å². The van der Waals surface area contributed by atoms with Gasteiger partial charge in [-0.05, 0) is 32.3 Å². The van der Waals surface area contributed by atoms with Gasteiger partial charge in [0.05, 0.1) is 11.9 Å². The van der Waals surface area contributed by atoms with Gasteiger partial charge in [0.25, 0.3) is 0 Å². The van der Waals surface area contributed by atoms with E-state index in [4.69, 9.17) is 0 Å². The molecule has 1 N–H and O–H groups in total. The Morgan fingerprint density at radius 2 is 2.10 bits per heavy atom. The molecule has 1 aliphatic heterocycles. The number of likely N-dealkylation sites (tertiary alicyclic amines) is 1. The highest BCUT2D eigenvalue weighted by atomic mass is 32.1. The number of nitrogens with zero attached hydrogens (tertiary/aromatic N) is 3. The van der Waals surface area contributed by atoms with Crippen molar-refractivity contribution >= 4 is 33.3 Å². The number of aryl methyl sites for hydroxylation is 2. The molecule has 0 aliphatic carbocycles. The molecule has 0 aromatic carbocycles. The van der Waals surface area contributed by atoms with Gasteiger partial charge in [0.15, 0.2) is 0 Å². The maximum absolute atomic E-state index is 12.1. The van der Waals surface area contributed by atoms with Crippen molar-refractivity contribution in [3.8, 4) is 0 Å². The molecule has 2 aromatic rings. The van der Waals surface area contributed by atoms with Crippen LogP contribution in [0.3, 0.4) is 0 Å². The van der Waals surface area contributed by atoms with E-state index in [-0.39, 0.29) is 5.91 Å². The summed E-state index contributed by atoms with van der Waals surface area (Å²) in [4.78, 5) is 24.8. The van der Waals surface area contributed by atoms with E-state index in [0.29, 0.717) is 6.54 Å². The van der Waals surface area contributed by atoms with E-state index in [2.05, 4.69) is 29.1 Å². The first-order chi connectivity index (χ1) is 9.66. The third-order valence-electron chi connectivity index (χ3n) is 3.83. The number of aromatic nitrogens is 2. The molecule has 0 saturated carbocycles. The number of carbonyl (C=O) groups excluding carboxylic acids is 1. The second kappa shape index (κ2) is 5.36. The van der Waals surface area contributed by atoms with Crippen LogP contribution in [-0.2, 0) is 4.79 Å². The highest BCUT2D eigenvalue weighted by Crippen LogP contribution is 2.32. The van der Waals surface area contributed by atoms with Gasteiger partial charge in [0.2, 0.25) is 5.91 Å². The maximum Gasteiger partial charge on any atom is 0.241 e. The smallest absolute Gasteiger partial charge is 0.241 e. The topological polar surface area (TPSA) is 58.1 Å². The summed E-state index contributed by atoms with van der Waals surface area (Å²) in [5.74, 6) is 0.920. The summed E-state index contributed by atoms with van der Waals surface area (Å²) in [5.41, 5.74) is 1.20. The third-order valence-corrected chi connectivity index (χ3v) is 4.95. The highest BCUT2D eigenvalue weighted by molar-refractivity contribution is 7.18. The molecule has 1 aliphatic rings. The zero-order valence-corrected chi connectivity index (χ0v) is 12.6. The van der Waals surface area contributed by atoms with Gasteiger partial charge in [-0.1, -0.05) is 0 Å². The van der Waals surface area contributed by atoms with Crippen molar-refractivity contribution in [2.45, 2.75) is 26.7 Å². The van der Waals surface area contributed by atoms with Crippen LogP contribution in [0.1, 0.15) is 23.3 Å². The number of nitrogens with one attached hydrogen (secondary N) is 1. The van der Waals surface area contributed by atoms with E-state index in [1.807, 2.05) is 4.90 Å². The lowest BCUT2D eigenvalue weighted by Crippen LogP contribution is -2.33. The summed E-state index contributed by atoms with van der Waals surface area (Å²) >= 11 is 1.67. The highest BCUT2D eigenvalue weighted by Gasteiger charge is 2.18. The predicted octanol–water partition coefficient (Wildman–Crippen LogP) is 2.34. The summed E-state index contributed by atoms with van der Waals surface area (Å²) in [7, 11) is 0. The maximum atomic E-state index is 12.1. The lowest BCUT2D eigenvalue weighted by molar-refractivity contribution is -0.128. The van der Waals surface area contributed by atoms with E-state index < -0.39 is 0 Å². The Labute approximate surface area is 122 Å². The second-order valence-corrected chi connectivity index (χ2v) is 6.33. The Kier molecular flexibility index (Phi) is 3.56. The van der Waals surface area contributed by atoms with E-state index >= 15 is 0 Å². The van der Waals surface area contributed by atoms with Crippen LogP contribution in [0.15, 0.2) is 6.33 Å². The van der Waals surface area contributed by atoms with Crippen LogP contribution in [0.2, 0.25) is 0 Å².